The van der Waals surface area contributed by atoms with Crippen LogP contribution in [-0.2, 0) is 6.54 Å². The highest BCUT2D eigenvalue weighted by atomic mass is 16.3. The number of hydrogen-bond donors (Lipinski definition) is 2. The number of anilines is 2. The van der Waals surface area contributed by atoms with Gasteiger partial charge < -0.3 is 15.7 Å². The van der Waals surface area contributed by atoms with Gasteiger partial charge in [-0.05, 0) is 25.0 Å². The van der Waals surface area contributed by atoms with Gasteiger partial charge in [-0.3, -0.25) is 4.68 Å². The Morgan fingerprint density at radius 2 is 1.90 bits per heavy atom. The summed E-state index contributed by atoms with van der Waals surface area (Å²) in [5.41, 5.74) is 11.3. The lowest BCUT2D eigenvalue weighted by molar-refractivity contribution is 0.269. The van der Waals surface area contributed by atoms with Crippen LogP contribution in [-0.4, -0.2) is 34.6 Å². The van der Waals surface area contributed by atoms with Crippen molar-refractivity contribution in [3.8, 4) is 11.3 Å². The molecule has 0 atom stereocenters. The minimum absolute atomic E-state index is 0.104. The molecule has 110 valence electrons. The van der Waals surface area contributed by atoms with Gasteiger partial charge in [-0.15, -0.1) is 0 Å². The molecule has 1 saturated heterocycles. The van der Waals surface area contributed by atoms with Crippen molar-refractivity contribution >= 4 is 11.4 Å². The molecule has 0 unspecified atom stereocenters. The predicted molar refractivity (Wildman–Crippen MR) is 83.3 cm³/mol. The summed E-state index contributed by atoms with van der Waals surface area (Å²) < 4.78 is 1.97. The van der Waals surface area contributed by atoms with Crippen LogP contribution >= 0.6 is 0 Å². The monoisotopic (exact) mass is 284 g/mol. The zero-order valence-electron chi connectivity index (χ0n) is 12.0. The fraction of sp³-hybridized carbons (Fsp3) is 0.438. The summed E-state index contributed by atoms with van der Waals surface area (Å²) in [5.74, 6) is 0.581. The third-order valence-corrected chi connectivity index (χ3v) is 4.65. The zero-order valence-corrected chi connectivity index (χ0v) is 12.0. The summed E-state index contributed by atoms with van der Waals surface area (Å²) in [6.45, 7) is 2.87. The van der Waals surface area contributed by atoms with Crippen LogP contribution in [0.25, 0.3) is 11.3 Å². The molecular weight excluding hydrogens is 264 g/mol. The zero-order chi connectivity index (χ0) is 14.4. The van der Waals surface area contributed by atoms with Crippen LogP contribution in [0.3, 0.4) is 0 Å². The van der Waals surface area contributed by atoms with E-state index in [-0.39, 0.29) is 6.61 Å². The number of nitrogen functional groups attached to an aromatic ring is 1. The SMILES string of the molecule is Nc1ccc(-c2c3c(nn2CCO)C2CCN3CC2)cc1. The van der Waals surface area contributed by atoms with Gasteiger partial charge in [-0.1, -0.05) is 12.1 Å². The van der Waals surface area contributed by atoms with Crippen molar-refractivity contribution in [1.29, 1.82) is 0 Å². The molecule has 3 N–H and O–H groups in total. The van der Waals surface area contributed by atoms with E-state index in [4.69, 9.17) is 10.8 Å². The number of benzene rings is 1. The predicted octanol–water partition coefficient (Wildman–Crippen LogP) is 1.82. The van der Waals surface area contributed by atoms with Crippen LogP contribution in [0.5, 0.6) is 0 Å². The van der Waals surface area contributed by atoms with Crippen LogP contribution in [0, 0.1) is 0 Å². The molecule has 5 nitrogen and oxygen atoms in total. The molecule has 1 fully saturated rings. The van der Waals surface area contributed by atoms with Crippen molar-refractivity contribution in [2.24, 2.45) is 0 Å². The van der Waals surface area contributed by atoms with Gasteiger partial charge in [0.2, 0.25) is 0 Å². The maximum Gasteiger partial charge on any atom is 0.0920 e. The van der Waals surface area contributed by atoms with Gasteiger partial charge in [0.1, 0.15) is 0 Å². The van der Waals surface area contributed by atoms with Crippen LogP contribution < -0.4 is 10.6 Å². The van der Waals surface area contributed by atoms with E-state index in [2.05, 4.69) is 4.90 Å². The van der Waals surface area contributed by atoms with Gasteiger partial charge >= 0.3 is 0 Å². The highest BCUT2D eigenvalue weighted by Crippen LogP contribution is 2.46. The second kappa shape index (κ2) is 4.77. The minimum atomic E-state index is 0.104. The first-order valence-electron chi connectivity index (χ1n) is 7.60. The molecule has 0 radical (unpaired) electrons. The van der Waals surface area contributed by atoms with Crippen LogP contribution in [0.4, 0.5) is 11.4 Å². The number of aliphatic hydroxyl groups excluding tert-OH is 1. The third-order valence-electron chi connectivity index (χ3n) is 4.65. The standard InChI is InChI=1S/C16H20N4O/c17-13-3-1-12(2-4-13)15-16-14(18-20(15)9-10-21)11-5-7-19(16)8-6-11/h1-4,11,21H,5-10,17H2. The van der Waals surface area contributed by atoms with E-state index in [0.717, 1.165) is 30.0 Å². The molecule has 2 bridgehead atoms. The number of piperidine rings is 1. The first kappa shape index (κ1) is 12.7. The number of hydrogen-bond acceptors (Lipinski definition) is 4. The fourth-order valence-electron chi connectivity index (χ4n) is 3.62. The quantitative estimate of drug-likeness (QED) is 0.844. The lowest BCUT2D eigenvalue weighted by Crippen LogP contribution is -2.38. The number of rotatable bonds is 3. The van der Waals surface area contributed by atoms with Gasteiger partial charge in [0, 0.05) is 30.3 Å². The van der Waals surface area contributed by atoms with E-state index in [1.807, 2.05) is 28.9 Å². The van der Waals surface area contributed by atoms with Crippen LogP contribution in [0.15, 0.2) is 24.3 Å². The van der Waals surface area contributed by atoms with Crippen molar-refractivity contribution in [3.05, 3.63) is 30.0 Å². The lowest BCUT2D eigenvalue weighted by atomic mass is 9.86. The Morgan fingerprint density at radius 1 is 1.19 bits per heavy atom. The largest absolute Gasteiger partial charge is 0.399 e. The summed E-state index contributed by atoms with van der Waals surface area (Å²) in [6, 6.07) is 7.94. The number of aliphatic hydroxyl groups is 1. The van der Waals surface area contributed by atoms with E-state index >= 15 is 0 Å². The number of nitrogens with zero attached hydrogens (tertiary/aromatic N) is 3. The second-order valence-corrected chi connectivity index (χ2v) is 5.91. The maximum absolute atomic E-state index is 9.35. The van der Waals surface area contributed by atoms with Crippen molar-refractivity contribution < 1.29 is 5.11 Å². The Labute approximate surface area is 124 Å². The molecule has 0 amide bonds. The van der Waals surface area contributed by atoms with Crippen LogP contribution in [0.2, 0.25) is 0 Å². The Balaban J connectivity index is 1.90. The summed E-state index contributed by atoms with van der Waals surface area (Å²) in [4.78, 5) is 2.45. The molecule has 5 rings (SSSR count). The highest BCUT2D eigenvalue weighted by molar-refractivity contribution is 5.80. The molecule has 4 heterocycles. The Bertz CT molecular complexity index is 654. The molecule has 3 aliphatic rings. The molecule has 5 heteroatoms. The average Bonchev–Trinajstić information content (AvgIpc) is 2.91. The van der Waals surface area contributed by atoms with Crippen molar-refractivity contribution in [1.82, 2.24) is 9.78 Å². The molecule has 2 aromatic rings. The van der Waals surface area contributed by atoms with Crippen molar-refractivity contribution in [2.75, 3.05) is 30.3 Å². The highest BCUT2D eigenvalue weighted by Gasteiger charge is 2.36. The second-order valence-electron chi connectivity index (χ2n) is 5.91. The van der Waals surface area contributed by atoms with Gasteiger partial charge in [0.05, 0.1) is 30.2 Å². The number of fused-ring (bicyclic) bond motifs is 2. The third kappa shape index (κ3) is 1.92. The summed E-state index contributed by atoms with van der Waals surface area (Å²) >= 11 is 0. The number of nitrogens with two attached hydrogens (primary N) is 1. The van der Waals surface area contributed by atoms with E-state index in [1.54, 1.807) is 0 Å². The molecule has 1 aromatic heterocycles. The molecule has 0 aliphatic carbocycles. The summed E-state index contributed by atoms with van der Waals surface area (Å²) in [7, 11) is 0. The average molecular weight is 284 g/mol. The maximum atomic E-state index is 9.35. The molecule has 21 heavy (non-hydrogen) atoms. The first-order valence-corrected chi connectivity index (χ1v) is 7.60. The minimum Gasteiger partial charge on any atom is -0.399 e. The van der Waals surface area contributed by atoms with Gasteiger partial charge in [0.15, 0.2) is 0 Å². The smallest absolute Gasteiger partial charge is 0.0920 e. The van der Waals surface area contributed by atoms with Crippen LogP contribution in [0.1, 0.15) is 24.5 Å². The molecule has 1 aromatic carbocycles. The number of aromatic nitrogens is 2. The van der Waals surface area contributed by atoms with E-state index in [1.165, 1.54) is 24.2 Å². The molecular formula is C16H20N4O. The summed E-state index contributed by atoms with van der Waals surface area (Å²) in [6.07, 6.45) is 2.40. The topological polar surface area (TPSA) is 67.3 Å². The molecule has 0 saturated carbocycles. The lowest BCUT2D eigenvalue weighted by Gasteiger charge is -2.39. The molecule has 3 aliphatic heterocycles. The normalized spacial score (nSPS) is 17.3. The molecule has 0 spiro atoms. The first-order chi connectivity index (χ1) is 10.3. The van der Waals surface area contributed by atoms with E-state index in [0.29, 0.717) is 12.5 Å². The fourth-order valence-corrected chi connectivity index (χ4v) is 3.62. The Morgan fingerprint density at radius 3 is 2.57 bits per heavy atom. The summed E-state index contributed by atoms with van der Waals surface area (Å²) in [5, 5.41) is 14.2. The van der Waals surface area contributed by atoms with Crippen molar-refractivity contribution in [3.63, 3.8) is 0 Å². The Kier molecular flexibility index (Phi) is 2.89. The van der Waals surface area contributed by atoms with Gasteiger partial charge in [-0.2, -0.15) is 5.10 Å². The van der Waals surface area contributed by atoms with Gasteiger partial charge in [0.25, 0.3) is 0 Å². The Hall–Kier alpha value is -2.01. The van der Waals surface area contributed by atoms with Gasteiger partial charge in [-0.25, -0.2) is 0 Å². The van der Waals surface area contributed by atoms with Crippen molar-refractivity contribution in [2.45, 2.75) is 25.3 Å². The van der Waals surface area contributed by atoms with E-state index < -0.39 is 0 Å². The van der Waals surface area contributed by atoms with E-state index in [9.17, 15) is 5.11 Å².